The third-order valence-corrected chi connectivity index (χ3v) is 28.3. The third-order valence-electron chi connectivity index (χ3n) is 25.8. The first kappa shape index (κ1) is 101. The van der Waals surface area contributed by atoms with E-state index in [0.717, 1.165) is 95.1 Å². The number of urea groups is 1. The lowest BCUT2D eigenvalue weighted by Gasteiger charge is -2.65. The Hall–Kier alpha value is -11.3. The summed E-state index contributed by atoms with van der Waals surface area (Å²) in [5.74, 6) is -13.7. The number of carbonyl (C=O) groups excluding carboxylic acids is 12. The molecule has 5 aliphatic rings. The van der Waals surface area contributed by atoms with E-state index in [1.165, 1.54) is 17.4 Å². The summed E-state index contributed by atoms with van der Waals surface area (Å²) in [7, 11) is 5.59. The number of aliphatic hydroxyl groups is 2. The zero-order valence-electron chi connectivity index (χ0n) is 73.1. The maximum absolute atomic E-state index is 15.3. The second-order valence-electron chi connectivity index (χ2n) is 34.0. The number of Topliss-reactive ketones (excluding diaryl/α,β-unsaturated/α-hetero) is 3. The van der Waals surface area contributed by atoms with E-state index in [-0.39, 0.29) is 80.3 Å². The number of carboxylic acids is 4. The first-order chi connectivity index (χ1) is 61.5. The molecule has 7 amide bonds. The number of carbonyl (C=O) groups is 14. The smallest absolute Gasteiger partial charge is 0.407 e. The molecule has 0 radical (unpaired) electrons. The van der Waals surface area contributed by atoms with Crippen molar-refractivity contribution in [2.75, 3.05) is 83.0 Å². The number of aliphatic hydroxyl groups excluding tert-OH is 1. The van der Waals surface area contributed by atoms with Gasteiger partial charge in [-0.1, -0.05) is 128 Å². The van der Waals surface area contributed by atoms with Crippen LogP contribution in [0, 0.1) is 22.7 Å². The molecule has 39 heteroatoms. The van der Waals surface area contributed by atoms with Crippen molar-refractivity contribution in [1.29, 1.82) is 0 Å². The van der Waals surface area contributed by atoms with Crippen LogP contribution in [0.25, 0.3) is 10.9 Å². The largest absolute Gasteiger partial charge is 0.496 e. The number of rotatable bonds is 49. The molecule has 4 aromatic carbocycles. The summed E-state index contributed by atoms with van der Waals surface area (Å²) < 4.78 is 16.4. The second kappa shape index (κ2) is 46.8. The summed E-state index contributed by atoms with van der Waals surface area (Å²) in [6.07, 6.45) is -2.37. The number of aliphatic carboxylic acids is 4. The predicted molar refractivity (Wildman–Crippen MR) is 472 cm³/mol. The van der Waals surface area contributed by atoms with Crippen LogP contribution >= 0.6 is 21.6 Å². The molecule has 1 spiro atoms. The summed E-state index contributed by atoms with van der Waals surface area (Å²) in [4.78, 5) is 209. The van der Waals surface area contributed by atoms with E-state index >= 15 is 4.79 Å². The van der Waals surface area contributed by atoms with Crippen LogP contribution in [-0.2, 0) is 101 Å². The number of likely N-dealkylation sites (N-methyl/N-ethyl adjacent to an activating group) is 1. The average Bonchev–Trinajstić information content (AvgIpc) is 1.49. The molecule has 3 saturated heterocycles. The molecule has 129 heavy (non-hydrogen) atoms. The molecule has 5 heterocycles. The van der Waals surface area contributed by atoms with Gasteiger partial charge in [-0.05, 0) is 124 Å². The Morgan fingerprint density at radius 1 is 0.698 bits per heavy atom. The highest BCUT2D eigenvalue weighted by Gasteiger charge is 2.79. The number of amides is 7. The summed E-state index contributed by atoms with van der Waals surface area (Å²) >= 11 is 0. The minimum absolute atomic E-state index is 0.0323. The number of fused-ring (bicyclic) bond motifs is 2. The summed E-state index contributed by atoms with van der Waals surface area (Å²) in [6.45, 7) is 11.2. The quantitative estimate of drug-likeness (QED) is 0.0107. The van der Waals surface area contributed by atoms with Gasteiger partial charge in [-0.25, -0.2) is 14.4 Å². The zero-order chi connectivity index (χ0) is 94.1. The van der Waals surface area contributed by atoms with Crippen molar-refractivity contribution in [3.63, 3.8) is 0 Å². The Balaban J connectivity index is 0.00000617. The van der Waals surface area contributed by atoms with Crippen LogP contribution in [-0.4, -0.2) is 267 Å². The lowest BCUT2D eigenvalue weighted by molar-refractivity contribution is -0.220. The number of aromatic amines is 1. The zero-order valence-corrected chi connectivity index (χ0v) is 74.8. The molecule has 1 aromatic heterocycles. The number of ketones is 3. The predicted octanol–water partition coefficient (Wildman–Crippen LogP) is 4.87. The Labute approximate surface area is 754 Å². The number of hydrogen-bond donors (Lipinski definition) is 15. The van der Waals surface area contributed by atoms with E-state index in [9.17, 15) is 87.9 Å². The minimum Gasteiger partial charge on any atom is -0.496 e. The van der Waals surface area contributed by atoms with Gasteiger partial charge in [-0.15, -0.1) is 0 Å². The molecule has 37 nitrogen and oxygen atoms in total. The molecule has 5 aromatic rings. The number of ether oxygens (including phenoxy) is 3. The number of nitrogens with two attached hydrogens (primary N) is 1. The van der Waals surface area contributed by atoms with Gasteiger partial charge < -0.3 is 97.7 Å². The van der Waals surface area contributed by atoms with Crippen LogP contribution in [0.3, 0.4) is 0 Å². The fourth-order valence-electron chi connectivity index (χ4n) is 19.3. The van der Waals surface area contributed by atoms with Gasteiger partial charge in [-0.2, -0.15) is 9.59 Å². The summed E-state index contributed by atoms with van der Waals surface area (Å²) in [5, 5.41) is 83.4. The normalized spacial score (nSPS) is 22.1. The van der Waals surface area contributed by atoms with Crippen molar-refractivity contribution in [3.05, 3.63) is 131 Å². The van der Waals surface area contributed by atoms with Crippen LogP contribution in [0.4, 0.5) is 15.3 Å². The average molecular weight is 1830 g/mol. The maximum Gasteiger partial charge on any atom is 0.407 e. The highest BCUT2D eigenvalue weighted by molar-refractivity contribution is 8.76. The first-order valence-corrected chi connectivity index (χ1v) is 45.7. The monoisotopic (exact) mass is 1830 g/mol. The standard InChI is InChI=1S/C89H118N12O23S2.CO2/c1-7-86(4)30-17-34-100(50-86)48-59-57-23-15-16-24-62(57)95-76(59)52(3)58-43-60-66(45-69(58)122-6)99(5)82-88(60)32-36-101-35-18-31-87(8-2,81(88)101)83(118)89(82,121)70(105)47-93-85(120)123-37-38-125-126-49-56(79(114)115)42-68(104)65(44-75(110)111)96-78(113)61(90)46-92-77(112)55(39-53-19-11-9-12-20-53)41-67(103)64(40-54-21-13-10-14-22-54)94-72(107)29-33-91-71(106)26-25-63(80(116)117)97-84(119)98-73(124-51-102)27-28-74(108)109;2-1-3/h9-16,19-24,43,45,51-52,55-56,61,63-65,73,81-83,95,118,121H,7-8,17-18,25-42,44,46-50,90H2,1-6H3,(H,91,106)(H,92,112)(H,93,120)(H,94,107)(H,96,113)(H,108,109)(H,110,111)(H,114,115)(H,116,117)(H2,97,98,119);/t52-,55+,56-,61-,63-,64-,65-,73+,81-,82?,83+,86+,87+,88+,89-;/m0./s1. The Morgan fingerprint density at radius 3 is 2.02 bits per heavy atom. The fraction of sp³-hybridized carbons (Fsp3) is 0.544. The number of benzene rings is 4. The highest BCUT2D eigenvalue weighted by Crippen LogP contribution is 2.68. The van der Waals surface area contributed by atoms with Gasteiger partial charge in [0.25, 0.3) is 6.47 Å². The van der Waals surface area contributed by atoms with Crippen molar-refractivity contribution in [2.24, 2.45) is 28.4 Å². The van der Waals surface area contributed by atoms with E-state index in [1.807, 2.05) is 31.0 Å². The first-order valence-electron chi connectivity index (χ1n) is 43.2. The van der Waals surface area contributed by atoms with Gasteiger partial charge in [0.05, 0.1) is 56.6 Å². The van der Waals surface area contributed by atoms with Crippen LogP contribution in [0.5, 0.6) is 5.75 Å². The number of likely N-dealkylation sites (tertiary alicyclic amines) is 1. The molecule has 4 fully saturated rings. The molecule has 700 valence electrons. The lowest BCUT2D eigenvalue weighted by Crippen LogP contribution is -2.81. The van der Waals surface area contributed by atoms with Crippen molar-refractivity contribution in [2.45, 2.75) is 209 Å². The number of hydrogen-bond acceptors (Lipinski definition) is 27. The molecule has 1 saturated carbocycles. The number of methoxy groups -OCH3 is 1. The molecule has 1 aliphatic carbocycles. The van der Waals surface area contributed by atoms with Gasteiger partial charge in [0.1, 0.15) is 24.4 Å². The van der Waals surface area contributed by atoms with E-state index < -0.39 is 199 Å². The van der Waals surface area contributed by atoms with E-state index in [0.29, 0.717) is 42.7 Å². The Morgan fingerprint density at radius 2 is 1.36 bits per heavy atom. The minimum atomic E-state index is -2.41. The van der Waals surface area contributed by atoms with E-state index in [4.69, 9.17) is 29.9 Å². The third kappa shape index (κ3) is 25.2. The highest BCUT2D eigenvalue weighted by atomic mass is 33.1. The van der Waals surface area contributed by atoms with Crippen LogP contribution in [0.1, 0.15) is 163 Å². The van der Waals surface area contributed by atoms with Gasteiger partial charge >= 0.3 is 42.2 Å². The SMILES string of the molecule is CC[C@]1(C)CCCN(Cc2c([C@@H](C)c3cc4c(cc3OC)N(C)C3[C@]45CCN4CCC[C@@](CC)([C@@H](O)[C@]3(O)C(=O)CNC(=O)OCCSSC[C@H](CC(=O)[C@H](CC(=O)O)NC(=O)[C@@H](N)CNC(=O)[C@@H](CC(=O)[C@H](Cc3ccccc3)NC(=O)CCNC(=O)CC[C@H](NC(=O)N[C@@H](CCC(=O)O)OC=O)C(=O)O)Cc3ccccc3)C(=O)O)[C@H]45)[nH]c3ccccc23)C1.O=C=O. The van der Waals surface area contributed by atoms with Crippen molar-refractivity contribution in [3.8, 4) is 5.75 Å². The second-order valence-corrected chi connectivity index (χ2v) is 36.6. The molecule has 4 aliphatic heterocycles. The molecule has 16 N–H and O–H groups in total. The van der Waals surface area contributed by atoms with Crippen molar-refractivity contribution in [1.82, 2.24) is 52.0 Å². The van der Waals surface area contributed by atoms with Crippen molar-refractivity contribution >= 4 is 128 Å². The topological polar surface area (TPSA) is 558 Å². The molecular weight excluding hydrogens is 1710 g/mol. The Bertz CT molecular complexity index is 4870. The van der Waals surface area contributed by atoms with Crippen molar-refractivity contribution < 1.29 is 122 Å². The van der Waals surface area contributed by atoms with Gasteiger partial charge in [0, 0.05) is 139 Å². The number of nitrogens with zero attached hydrogens (tertiary/aromatic N) is 3. The number of H-pyrrole nitrogens is 1. The number of aromatic nitrogens is 1. The van der Waals surface area contributed by atoms with Crippen LogP contribution < -0.4 is 52.6 Å². The number of para-hydroxylation sites is 1. The summed E-state index contributed by atoms with van der Waals surface area (Å²) in [5.41, 5.74) is 9.54. The van der Waals surface area contributed by atoms with Crippen LogP contribution in [0.2, 0.25) is 0 Å². The molecule has 1 unspecified atom stereocenters. The number of anilines is 1. The van der Waals surface area contributed by atoms with Gasteiger partial charge in [0.2, 0.25) is 23.6 Å². The van der Waals surface area contributed by atoms with E-state index in [1.54, 1.807) is 67.8 Å². The fourth-order valence-corrected chi connectivity index (χ4v) is 21.4. The van der Waals surface area contributed by atoms with Gasteiger partial charge in [0.15, 0.2) is 29.2 Å². The number of alkyl carbamates (subject to hydrolysis) is 1. The molecular formula is C90H118N12O25S2. The number of piperidine rings is 2. The summed E-state index contributed by atoms with van der Waals surface area (Å²) in [6, 6.07) is 21.1. The van der Waals surface area contributed by atoms with E-state index in [2.05, 4.69) is 102 Å². The van der Waals surface area contributed by atoms with Gasteiger partial charge in [-0.3, -0.25) is 62.5 Å². The Kier molecular flexibility index (Phi) is 36.8. The lowest BCUT2D eigenvalue weighted by atomic mass is 9.46. The number of nitrogens with one attached hydrogen (secondary N) is 8. The van der Waals surface area contributed by atoms with Crippen LogP contribution in [0.15, 0.2) is 97.1 Å². The molecule has 15 atom stereocenters. The molecule has 0 bridgehead atoms. The maximum atomic E-state index is 15.3. The molecule has 10 rings (SSSR count). The number of carboxylic acid groups (broad SMARTS) is 4.